The smallest absolute Gasteiger partial charge is 0.335 e. The summed E-state index contributed by atoms with van der Waals surface area (Å²) in [6, 6.07) is 8.91. The van der Waals surface area contributed by atoms with E-state index in [-0.39, 0.29) is 11.9 Å². The Labute approximate surface area is 160 Å². The fourth-order valence-corrected chi connectivity index (χ4v) is 5.10. The zero-order valence-electron chi connectivity index (χ0n) is 16.4. The standard InChI is InChI=1S/C22H29N3O2/c1-4-14-13-25-10-9-16-15-7-5-6-8-19(15)24-21(16)20(25)11-17(14)18(12-23-2)22(26)27-3/h5-8,12,14,17,20,23-24H,4,9-11,13H2,1-3H3/b18-12-/t14-,17-,20+/m0/s1. The highest BCUT2D eigenvalue weighted by molar-refractivity contribution is 5.89. The Bertz CT molecular complexity index is 870. The van der Waals surface area contributed by atoms with Crippen LogP contribution in [0.3, 0.4) is 0 Å². The quantitative estimate of drug-likeness (QED) is 0.642. The molecule has 0 radical (unpaired) electrons. The van der Waals surface area contributed by atoms with Gasteiger partial charge >= 0.3 is 5.97 Å². The van der Waals surface area contributed by atoms with Crippen LogP contribution >= 0.6 is 0 Å². The van der Waals surface area contributed by atoms with Crippen molar-refractivity contribution < 1.29 is 9.53 Å². The molecule has 0 unspecified atom stereocenters. The number of aromatic nitrogens is 1. The molecule has 2 aliphatic heterocycles. The molecule has 3 atom stereocenters. The Morgan fingerprint density at radius 1 is 1.41 bits per heavy atom. The topological polar surface area (TPSA) is 57.4 Å². The molecular formula is C22H29N3O2. The zero-order valence-corrected chi connectivity index (χ0v) is 16.4. The number of fused-ring (bicyclic) bond motifs is 5. The van der Waals surface area contributed by atoms with E-state index in [1.807, 2.05) is 13.2 Å². The van der Waals surface area contributed by atoms with Crippen LogP contribution in [0.4, 0.5) is 0 Å². The van der Waals surface area contributed by atoms with E-state index >= 15 is 0 Å². The third-order valence-electron chi connectivity index (χ3n) is 6.43. The molecule has 5 heteroatoms. The number of piperidine rings is 1. The Morgan fingerprint density at radius 2 is 2.22 bits per heavy atom. The average molecular weight is 367 g/mol. The molecule has 2 N–H and O–H groups in total. The predicted octanol–water partition coefficient (Wildman–Crippen LogP) is 3.39. The number of rotatable bonds is 4. The Kier molecular flexibility index (Phi) is 4.96. The molecule has 3 heterocycles. The van der Waals surface area contributed by atoms with Crippen molar-refractivity contribution in [3.63, 3.8) is 0 Å². The number of hydrogen-bond acceptors (Lipinski definition) is 4. The van der Waals surface area contributed by atoms with Crippen LogP contribution in [-0.4, -0.2) is 43.1 Å². The van der Waals surface area contributed by atoms with Gasteiger partial charge in [-0.2, -0.15) is 0 Å². The van der Waals surface area contributed by atoms with Crippen molar-refractivity contribution in [2.24, 2.45) is 11.8 Å². The van der Waals surface area contributed by atoms with E-state index in [1.54, 1.807) is 0 Å². The minimum Gasteiger partial charge on any atom is -0.466 e. The van der Waals surface area contributed by atoms with Crippen LogP contribution in [0.1, 0.15) is 37.1 Å². The number of aromatic amines is 1. The van der Waals surface area contributed by atoms with Crippen LogP contribution in [0.15, 0.2) is 36.0 Å². The highest BCUT2D eigenvalue weighted by Crippen LogP contribution is 2.45. The number of nitrogens with one attached hydrogen (secondary N) is 2. The molecule has 1 saturated heterocycles. The Hall–Kier alpha value is -2.27. The second-order valence-electron chi connectivity index (χ2n) is 7.71. The van der Waals surface area contributed by atoms with Crippen LogP contribution in [0.5, 0.6) is 0 Å². The van der Waals surface area contributed by atoms with E-state index in [0.717, 1.165) is 37.9 Å². The van der Waals surface area contributed by atoms with E-state index in [1.165, 1.54) is 29.3 Å². The lowest BCUT2D eigenvalue weighted by atomic mass is 9.74. The van der Waals surface area contributed by atoms with E-state index < -0.39 is 0 Å². The molecule has 27 heavy (non-hydrogen) atoms. The van der Waals surface area contributed by atoms with Crippen molar-refractivity contribution in [1.29, 1.82) is 0 Å². The molecule has 1 fully saturated rings. The molecule has 0 saturated carbocycles. The third-order valence-corrected chi connectivity index (χ3v) is 6.43. The summed E-state index contributed by atoms with van der Waals surface area (Å²) in [5.74, 6) is 0.452. The number of H-pyrrole nitrogens is 1. The van der Waals surface area contributed by atoms with E-state index in [9.17, 15) is 4.79 Å². The number of para-hydroxylation sites is 1. The van der Waals surface area contributed by atoms with E-state index in [2.05, 4.69) is 46.4 Å². The van der Waals surface area contributed by atoms with Gasteiger partial charge in [-0.3, -0.25) is 4.90 Å². The van der Waals surface area contributed by atoms with Gasteiger partial charge in [-0.1, -0.05) is 31.5 Å². The van der Waals surface area contributed by atoms with Crippen molar-refractivity contribution in [1.82, 2.24) is 15.2 Å². The Morgan fingerprint density at radius 3 is 2.96 bits per heavy atom. The van der Waals surface area contributed by atoms with Gasteiger partial charge in [-0.05, 0) is 36.3 Å². The molecule has 5 nitrogen and oxygen atoms in total. The average Bonchev–Trinajstić information content (AvgIpc) is 3.09. The fraction of sp³-hybridized carbons (Fsp3) is 0.500. The first-order valence-electron chi connectivity index (χ1n) is 9.97. The monoisotopic (exact) mass is 367 g/mol. The SMILES string of the molecule is CC[C@H]1CN2CCc3c([nH]c4ccccc34)[C@H]2C[C@@H]1/C(=C/NC)C(=O)OC. The van der Waals surface area contributed by atoms with Gasteiger partial charge in [-0.15, -0.1) is 0 Å². The molecule has 1 aromatic heterocycles. The fourth-order valence-electron chi connectivity index (χ4n) is 5.10. The highest BCUT2D eigenvalue weighted by Gasteiger charge is 2.42. The third kappa shape index (κ3) is 3.04. The summed E-state index contributed by atoms with van der Waals surface area (Å²) >= 11 is 0. The summed E-state index contributed by atoms with van der Waals surface area (Å²) in [5.41, 5.74) is 4.79. The van der Waals surface area contributed by atoms with Crippen LogP contribution in [0, 0.1) is 11.8 Å². The maximum atomic E-state index is 12.5. The first-order chi connectivity index (χ1) is 13.2. The minimum atomic E-state index is -0.214. The normalized spacial score (nSPS) is 25.7. The van der Waals surface area contributed by atoms with Gasteiger partial charge in [0, 0.05) is 42.9 Å². The van der Waals surface area contributed by atoms with Crippen molar-refractivity contribution in [3.05, 3.63) is 47.3 Å². The second-order valence-corrected chi connectivity index (χ2v) is 7.71. The number of carbonyl (C=O) groups is 1. The molecule has 0 aliphatic carbocycles. The van der Waals surface area contributed by atoms with Gasteiger partial charge in [0.15, 0.2) is 0 Å². The lowest BCUT2D eigenvalue weighted by Gasteiger charge is -2.46. The van der Waals surface area contributed by atoms with Gasteiger partial charge in [0.05, 0.1) is 18.7 Å². The van der Waals surface area contributed by atoms with Gasteiger partial charge in [0.2, 0.25) is 0 Å². The number of carbonyl (C=O) groups excluding carboxylic acids is 1. The summed E-state index contributed by atoms with van der Waals surface area (Å²) in [5, 5.41) is 4.40. The van der Waals surface area contributed by atoms with Crippen molar-refractivity contribution >= 4 is 16.9 Å². The van der Waals surface area contributed by atoms with E-state index in [0.29, 0.717) is 12.0 Å². The molecule has 0 spiro atoms. The molecular weight excluding hydrogens is 338 g/mol. The summed E-state index contributed by atoms with van der Waals surface area (Å²) in [4.78, 5) is 18.8. The van der Waals surface area contributed by atoms with Gasteiger partial charge in [-0.25, -0.2) is 4.79 Å². The predicted molar refractivity (Wildman–Crippen MR) is 107 cm³/mol. The first kappa shape index (κ1) is 18.1. The largest absolute Gasteiger partial charge is 0.466 e. The number of nitrogens with zero attached hydrogens (tertiary/aromatic N) is 1. The Balaban J connectivity index is 1.73. The van der Waals surface area contributed by atoms with Gasteiger partial charge in [0.1, 0.15) is 0 Å². The van der Waals surface area contributed by atoms with E-state index in [4.69, 9.17) is 4.74 Å². The minimum absolute atomic E-state index is 0.202. The number of esters is 1. The molecule has 0 bridgehead atoms. The lowest BCUT2D eigenvalue weighted by Crippen LogP contribution is -2.47. The number of benzene rings is 1. The number of methoxy groups -OCH3 is 1. The summed E-state index contributed by atoms with van der Waals surface area (Å²) in [6.07, 6.45) is 4.93. The number of hydrogen-bond donors (Lipinski definition) is 2. The van der Waals surface area contributed by atoms with Gasteiger partial charge < -0.3 is 15.0 Å². The lowest BCUT2D eigenvalue weighted by molar-refractivity contribution is -0.137. The zero-order chi connectivity index (χ0) is 19.0. The van der Waals surface area contributed by atoms with Crippen LogP contribution in [0.2, 0.25) is 0 Å². The summed E-state index contributed by atoms with van der Waals surface area (Å²) in [6.45, 7) is 4.34. The van der Waals surface area contributed by atoms with Crippen LogP contribution < -0.4 is 5.32 Å². The summed E-state index contributed by atoms with van der Waals surface area (Å²) in [7, 11) is 3.31. The molecule has 144 valence electrons. The molecule has 0 amide bonds. The molecule has 1 aromatic carbocycles. The maximum absolute atomic E-state index is 12.5. The first-order valence-corrected chi connectivity index (χ1v) is 9.97. The van der Waals surface area contributed by atoms with Crippen LogP contribution in [-0.2, 0) is 16.0 Å². The van der Waals surface area contributed by atoms with Crippen molar-refractivity contribution in [3.8, 4) is 0 Å². The number of ether oxygens (including phenoxy) is 1. The molecule has 4 rings (SSSR count). The van der Waals surface area contributed by atoms with Gasteiger partial charge in [0.25, 0.3) is 0 Å². The highest BCUT2D eigenvalue weighted by atomic mass is 16.5. The summed E-state index contributed by atoms with van der Waals surface area (Å²) < 4.78 is 5.10. The van der Waals surface area contributed by atoms with Crippen LogP contribution in [0.25, 0.3) is 10.9 Å². The van der Waals surface area contributed by atoms with Crippen molar-refractivity contribution in [2.75, 3.05) is 27.2 Å². The maximum Gasteiger partial charge on any atom is 0.335 e. The molecule has 2 aliphatic rings. The molecule has 2 aromatic rings. The van der Waals surface area contributed by atoms with Crippen molar-refractivity contribution in [2.45, 2.75) is 32.2 Å². The second kappa shape index (κ2) is 7.39.